The average molecular weight is 332 g/mol. The van der Waals surface area contributed by atoms with Crippen LogP contribution in [0.5, 0.6) is 5.75 Å². The van der Waals surface area contributed by atoms with Crippen LogP contribution in [-0.2, 0) is 4.79 Å². The molecule has 0 spiro atoms. The summed E-state index contributed by atoms with van der Waals surface area (Å²) in [5, 5.41) is 9.87. The lowest BCUT2D eigenvalue weighted by Crippen LogP contribution is -2.39. The minimum atomic E-state index is -0.600. The first-order chi connectivity index (χ1) is 10.0. The highest BCUT2D eigenvalue weighted by atomic mass is 35.5. The number of hydrogen-bond donors (Lipinski definition) is 1. The molecule has 2 atom stereocenters. The Morgan fingerprint density at radius 3 is 2.95 bits per heavy atom. The summed E-state index contributed by atoms with van der Waals surface area (Å²) in [6, 6.07) is 4.92. The Labute approximate surface area is 134 Å². The van der Waals surface area contributed by atoms with Crippen molar-refractivity contribution in [1.29, 1.82) is 0 Å². The van der Waals surface area contributed by atoms with Crippen LogP contribution in [0.2, 0.25) is 10.0 Å². The first kappa shape index (κ1) is 16.4. The molecule has 0 aromatic heterocycles. The summed E-state index contributed by atoms with van der Waals surface area (Å²) in [7, 11) is 0. The Bertz CT molecular complexity index is 510. The number of likely N-dealkylation sites (tertiary alicyclic amines) is 1. The minimum Gasteiger partial charge on any atom is -0.479 e. The maximum Gasteiger partial charge on any atom is 0.263 e. The quantitative estimate of drug-likeness (QED) is 0.902. The highest BCUT2D eigenvalue weighted by molar-refractivity contribution is 6.35. The van der Waals surface area contributed by atoms with Gasteiger partial charge in [-0.3, -0.25) is 4.79 Å². The summed E-state index contributed by atoms with van der Waals surface area (Å²) in [5.74, 6) is 0.778. The van der Waals surface area contributed by atoms with Crippen molar-refractivity contribution in [3.63, 3.8) is 0 Å². The smallest absolute Gasteiger partial charge is 0.263 e. The number of amides is 1. The van der Waals surface area contributed by atoms with Gasteiger partial charge in [-0.1, -0.05) is 23.2 Å². The Kier molecular flexibility index (Phi) is 5.73. The molecule has 2 unspecified atom stereocenters. The van der Waals surface area contributed by atoms with Crippen LogP contribution >= 0.6 is 23.2 Å². The van der Waals surface area contributed by atoms with Gasteiger partial charge in [-0.15, -0.1) is 0 Å². The number of benzene rings is 1. The second-order valence-electron chi connectivity index (χ2n) is 5.29. The summed E-state index contributed by atoms with van der Waals surface area (Å²) in [6.07, 6.45) is 1.07. The molecule has 0 aliphatic carbocycles. The van der Waals surface area contributed by atoms with Crippen LogP contribution in [-0.4, -0.2) is 41.7 Å². The van der Waals surface area contributed by atoms with Crippen molar-refractivity contribution in [3.8, 4) is 5.75 Å². The van der Waals surface area contributed by atoms with Crippen LogP contribution < -0.4 is 4.74 Å². The fourth-order valence-electron chi connectivity index (χ4n) is 2.52. The molecular weight excluding hydrogens is 313 g/mol. The molecule has 0 saturated carbocycles. The molecule has 1 N–H and O–H groups in total. The number of carbonyl (C=O) groups is 1. The van der Waals surface area contributed by atoms with Crippen LogP contribution in [0.1, 0.15) is 19.8 Å². The van der Waals surface area contributed by atoms with Crippen LogP contribution in [0.15, 0.2) is 18.2 Å². The zero-order valence-corrected chi connectivity index (χ0v) is 13.4. The fourth-order valence-corrected chi connectivity index (χ4v) is 2.97. The van der Waals surface area contributed by atoms with Crippen LogP contribution in [0.25, 0.3) is 0 Å². The lowest BCUT2D eigenvalue weighted by atomic mass is 10.1. The van der Waals surface area contributed by atoms with Crippen LogP contribution in [0, 0.1) is 5.92 Å². The lowest BCUT2D eigenvalue weighted by molar-refractivity contribution is -0.137. The van der Waals surface area contributed by atoms with Gasteiger partial charge in [0.1, 0.15) is 5.75 Å². The third-order valence-corrected chi connectivity index (χ3v) is 4.21. The van der Waals surface area contributed by atoms with E-state index in [9.17, 15) is 4.79 Å². The summed E-state index contributed by atoms with van der Waals surface area (Å²) in [4.78, 5) is 14.1. The molecule has 1 aromatic carbocycles. The third-order valence-electron chi connectivity index (χ3n) is 3.68. The second-order valence-corrected chi connectivity index (χ2v) is 6.13. The average Bonchev–Trinajstić information content (AvgIpc) is 2.90. The highest BCUT2D eigenvalue weighted by Gasteiger charge is 2.29. The molecule has 2 rings (SSSR count). The molecule has 1 aromatic rings. The lowest BCUT2D eigenvalue weighted by Gasteiger charge is -2.22. The van der Waals surface area contributed by atoms with E-state index in [-0.39, 0.29) is 12.5 Å². The van der Waals surface area contributed by atoms with Crippen molar-refractivity contribution in [3.05, 3.63) is 28.2 Å². The van der Waals surface area contributed by atoms with Crippen LogP contribution in [0.4, 0.5) is 0 Å². The number of ether oxygens (including phenoxy) is 1. The van der Waals surface area contributed by atoms with Gasteiger partial charge in [-0.2, -0.15) is 0 Å². The topological polar surface area (TPSA) is 49.8 Å². The number of rotatable bonds is 5. The van der Waals surface area contributed by atoms with E-state index in [1.165, 1.54) is 0 Å². The van der Waals surface area contributed by atoms with E-state index < -0.39 is 6.10 Å². The number of halogens is 2. The molecule has 6 heteroatoms. The first-order valence-electron chi connectivity index (χ1n) is 7.02. The van der Waals surface area contributed by atoms with Gasteiger partial charge in [0.05, 0.1) is 5.02 Å². The van der Waals surface area contributed by atoms with E-state index in [4.69, 9.17) is 33.0 Å². The van der Waals surface area contributed by atoms with Crippen molar-refractivity contribution in [2.45, 2.75) is 25.9 Å². The standard InChI is InChI=1S/C15H19Cl2NO3/c1-10(21-14-3-2-12(16)8-13(14)17)15(20)18-6-4-11(9-18)5-7-19/h2-3,8,10-11,19H,4-7,9H2,1H3. The molecule has 1 saturated heterocycles. The van der Waals surface area contributed by atoms with Crippen molar-refractivity contribution >= 4 is 29.1 Å². The highest BCUT2D eigenvalue weighted by Crippen LogP contribution is 2.29. The van der Waals surface area contributed by atoms with Gasteiger partial charge in [0.15, 0.2) is 6.10 Å². The summed E-state index contributed by atoms with van der Waals surface area (Å²) in [6.45, 7) is 3.28. The van der Waals surface area contributed by atoms with Gasteiger partial charge in [-0.05, 0) is 43.9 Å². The van der Waals surface area contributed by atoms with Crippen molar-refractivity contribution in [2.75, 3.05) is 19.7 Å². The Hall–Kier alpha value is -0.970. The number of hydrogen-bond acceptors (Lipinski definition) is 3. The summed E-state index contributed by atoms with van der Waals surface area (Å²) < 4.78 is 5.64. The van der Waals surface area contributed by atoms with E-state index in [2.05, 4.69) is 0 Å². The van der Waals surface area contributed by atoms with Crippen molar-refractivity contribution in [1.82, 2.24) is 4.90 Å². The van der Waals surface area contributed by atoms with E-state index in [0.29, 0.717) is 34.8 Å². The molecular formula is C15H19Cl2NO3. The van der Waals surface area contributed by atoms with Crippen molar-refractivity contribution in [2.24, 2.45) is 5.92 Å². The Balaban J connectivity index is 1.94. The van der Waals surface area contributed by atoms with E-state index in [1.54, 1.807) is 30.0 Å². The second kappa shape index (κ2) is 7.34. The maximum absolute atomic E-state index is 12.3. The number of carbonyl (C=O) groups excluding carboxylic acids is 1. The summed E-state index contributed by atoms with van der Waals surface area (Å²) in [5.41, 5.74) is 0. The van der Waals surface area contributed by atoms with Gasteiger partial charge < -0.3 is 14.7 Å². The molecule has 0 radical (unpaired) electrons. The van der Waals surface area contributed by atoms with Gasteiger partial charge in [-0.25, -0.2) is 0 Å². The van der Waals surface area contributed by atoms with Gasteiger partial charge in [0, 0.05) is 24.7 Å². The monoisotopic (exact) mass is 331 g/mol. The molecule has 1 fully saturated rings. The molecule has 116 valence electrons. The van der Waals surface area contributed by atoms with Crippen molar-refractivity contribution < 1.29 is 14.6 Å². The molecule has 21 heavy (non-hydrogen) atoms. The zero-order chi connectivity index (χ0) is 15.4. The third kappa shape index (κ3) is 4.25. The molecule has 1 amide bonds. The molecule has 1 aliphatic rings. The van der Waals surface area contributed by atoms with Gasteiger partial charge >= 0.3 is 0 Å². The number of aliphatic hydroxyl groups is 1. The molecule has 1 aliphatic heterocycles. The first-order valence-corrected chi connectivity index (χ1v) is 7.78. The largest absolute Gasteiger partial charge is 0.479 e. The SMILES string of the molecule is CC(Oc1ccc(Cl)cc1Cl)C(=O)N1CCC(CCO)C1. The minimum absolute atomic E-state index is 0.0542. The predicted molar refractivity (Wildman–Crippen MR) is 82.9 cm³/mol. The van der Waals surface area contributed by atoms with E-state index in [1.807, 2.05) is 0 Å². The molecule has 4 nitrogen and oxygen atoms in total. The number of aliphatic hydroxyl groups excluding tert-OH is 1. The van der Waals surface area contributed by atoms with Crippen LogP contribution in [0.3, 0.4) is 0 Å². The normalized spacial score (nSPS) is 19.6. The van der Waals surface area contributed by atoms with Gasteiger partial charge in [0.2, 0.25) is 0 Å². The Morgan fingerprint density at radius 1 is 1.52 bits per heavy atom. The summed E-state index contributed by atoms with van der Waals surface area (Å²) >= 11 is 11.9. The van der Waals surface area contributed by atoms with Gasteiger partial charge in [0.25, 0.3) is 5.91 Å². The molecule has 0 bridgehead atoms. The fraction of sp³-hybridized carbons (Fsp3) is 0.533. The predicted octanol–water partition coefficient (Wildman–Crippen LogP) is 2.99. The van der Waals surface area contributed by atoms with E-state index in [0.717, 1.165) is 12.8 Å². The molecule has 1 heterocycles. The maximum atomic E-state index is 12.3. The zero-order valence-electron chi connectivity index (χ0n) is 11.9. The Morgan fingerprint density at radius 2 is 2.29 bits per heavy atom. The van der Waals surface area contributed by atoms with E-state index >= 15 is 0 Å². The number of nitrogens with zero attached hydrogens (tertiary/aromatic N) is 1.